The number of nitrogens with zero attached hydrogens (tertiary/aromatic N) is 4. The first-order valence-corrected chi connectivity index (χ1v) is 6.99. The summed E-state index contributed by atoms with van der Waals surface area (Å²) in [5.41, 5.74) is 1.68. The van der Waals surface area contributed by atoms with Gasteiger partial charge in [0.15, 0.2) is 11.5 Å². The van der Waals surface area contributed by atoms with Crippen molar-refractivity contribution < 1.29 is 0 Å². The molecule has 0 aromatic carbocycles. The number of hydrogen-bond acceptors (Lipinski definition) is 5. The molecule has 0 spiro atoms. The molecular weight excluding hydrogens is 240 g/mol. The fourth-order valence-electron chi connectivity index (χ4n) is 2.31. The number of aromatic amines is 1. The third-order valence-electron chi connectivity index (χ3n) is 3.50. The highest BCUT2D eigenvalue weighted by Gasteiger charge is 2.31. The molecule has 2 N–H and O–H groups in total. The Morgan fingerprint density at radius 3 is 2.95 bits per heavy atom. The number of anilines is 2. The van der Waals surface area contributed by atoms with E-state index in [-0.39, 0.29) is 0 Å². The third-order valence-corrected chi connectivity index (χ3v) is 3.50. The van der Waals surface area contributed by atoms with Gasteiger partial charge in [0.05, 0.1) is 6.33 Å². The quantitative estimate of drug-likeness (QED) is 0.833. The predicted octanol–water partition coefficient (Wildman–Crippen LogP) is 2.16. The molecule has 19 heavy (non-hydrogen) atoms. The Labute approximate surface area is 112 Å². The van der Waals surface area contributed by atoms with Crippen LogP contribution in [-0.2, 0) is 0 Å². The van der Waals surface area contributed by atoms with Gasteiger partial charge in [-0.25, -0.2) is 4.98 Å². The first-order valence-electron chi connectivity index (χ1n) is 6.99. The number of nitrogens with one attached hydrogen (secondary N) is 2. The average Bonchev–Trinajstić information content (AvgIpc) is 3.16. The van der Waals surface area contributed by atoms with Crippen LogP contribution in [0.15, 0.2) is 6.33 Å². The van der Waals surface area contributed by atoms with E-state index in [0.29, 0.717) is 12.0 Å². The molecule has 0 saturated heterocycles. The fourth-order valence-corrected chi connectivity index (χ4v) is 2.31. The van der Waals surface area contributed by atoms with Crippen LogP contribution >= 0.6 is 0 Å². The molecule has 3 rings (SSSR count). The second kappa shape index (κ2) is 5.03. The second-order valence-corrected chi connectivity index (χ2v) is 5.00. The molecule has 1 aliphatic carbocycles. The van der Waals surface area contributed by atoms with Crippen LogP contribution in [0.5, 0.6) is 0 Å². The van der Waals surface area contributed by atoms with Crippen molar-refractivity contribution in [1.29, 1.82) is 0 Å². The van der Waals surface area contributed by atoms with Gasteiger partial charge in [0, 0.05) is 19.6 Å². The first kappa shape index (κ1) is 12.2. The maximum absolute atomic E-state index is 4.64. The van der Waals surface area contributed by atoms with Crippen LogP contribution in [-0.4, -0.2) is 39.6 Å². The largest absolute Gasteiger partial charge is 0.357 e. The average molecular weight is 260 g/mol. The number of hydrogen-bond donors (Lipinski definition) is 2. The van der Waals surface area contributed by atoms with Crippen LogP contribution in [0.1, 0.15) is 32.6 Å². The molecule has 1 fully saturated rings. The Kier molecular flexibility index (Phi) is 3.23. The standard InChI is InChI=1S/C13H20N6/c1-3-4-7-19(9-5-6-9)12-10-11(16-8-15-10)17-13(14-2)18-12/h8-9H,3-7H2,1-2H3,(H2,14,15,16,17,18). The van der Waals surface area contributed by atoms with Crippen molar-refractivity contribution in [3.05, 3.63) is 6.33 Å². The second-order valence-electron chi connectivity index (χ2n) is 5.00. The lowest BCUT2D eigenvalue weighted by molar-refractivity contribution is 0.706. The van der Waals surface area contributed by atoms with Crippen LogP contribution < -0.4 is 10.2 Å². The molecule has 102 valence electrons. The number of H-pyrrole nitrogens is 1. The van der Waals surface area contributed by atoms with Crippen molar-refractivity contribution in [2.24, 2.45) is 0 Å². The van der Waals surface area contributed by atoms with E-state index >= 15 is 0 Å². The molecule has 0 atom stereocenters. The van der Waals surface area contributed by atoms with Gasteiger partial charge in [-0.15, -0.1) is 0 Å². The molecule has 0 aliphatic heterocycles. The highest BCUT2D eigenvalue weighted by atomic mass is 15.3. The lowest BCUT2D eigenvalue weighted by Crippen LogP contribution is -2.28. The topological polar surface area (TPSA) is 69.7 Å². The fraction of sp³-hybridized carbons (Fsp3) is 0.615. The van der Waals surface area contributed by atoms with Crippen LogP contribution in [0, 0.1) is 0 Å². The van der Waals surface area contributed by atoms with Crippen molar-refractivity contribution in [3.63, 3.8) is 0 Å². The summed E-state index contributed by atoms with van der Waals surface area (Å²) in [6, 6.07) is 0.637. The Morgan fingerprint density at radius 2 is 2.26 bits per heavy atom. The molecule has 2 heterocycles. The van der Waals surface area contributed by atoms with E-state index in [1.54, 1.807) is 6.33 Å². The minimum Gasteiger partial charge on any atom is -0.357 e. The molecule has 1 saturated carbocycles. The summed E-state index contributed by atoms with van der Waals surface area (Å²) in [5.74, 6) is 1.62. The highest BCUT2D eigenvalue weighted by molar-refractivity contribution is 5.84. The molecule has 0 radical (unpaired) electrons. The van der Waals surface area contributed by atoms with E-state index in [0.717, 1.165) is 23.5 Å². The number of fused-ring (bicyclic) bond motifs is 1. The Balaban J connectivity index is 2.02. The highest BCUT2D eigenvalue weighted by Crippen LogP contribution is 2.34. The van der Waals surface area contributed by atoms with E-state index in [1.807, 2.05) is 7.05 Å². The van der Waals surface area contributed by atoms with Gasteiger partial charge in [-0.1, -0.05) is 13.3 Å². The lowest BCUT2D eigenvalue weighted by atomic mass is 10.3. The first-order chi connectivity index (χ1) is 9.33. The predicted molar refractivity (Wildman–Crippen MR) is 76.5 cm³/mol. The smallest absolute Gasteiger partial charge is 0.226 e. The van der Waals surface area contributed by atoms with Crippen molar-refractivity contribution >= 4 is 22.9 Å². The summed E-state index contributed by atoms with van der Waals surface area (Å²) in [6.45, 7) is 3.27. The summed E-state index contributed by atoms with van der Waals surface area (Å²) >= 11 is 0. The summed E-state index contributed by atoms with van der Waals surface area (Å²) in [4.78, 5) is 18.8. The maximum atomic E-state index is 4.64. The van der Waals surface area contributed by atoms with Gasteiger partial charge in [-0.3, -0.25) is 0 Å². The van der Waals surface area contributed by atoms with Crippen molar-refractivity contribution in [3.8, 4) is 0 Å². The molecule has 0 bridgehead atoms. The van der Waals surface area contributed by atoms with Gasteiger partial charge in [0.2, 0.25) is 5.95 Å². The summed E-state index contributed by atoms with van der Waals surface area (Å²) in [5, 5.41) is 3.02. The normalized spacial score (nSPS) is 14.8. The van der Waals surface area contributed by atoms with Crippen molar-refractivity contribution in [2.45, 2.75) is 38.6 Å². The molecule has 6 heteroatoms. The van der Waals surface area contributed by atoms with Gasteiger partial charge < -0.3 is 15.2 Å². The van der Waals surface area contributed by atoms with E-state index in [9.17, 15) is 0 Å². The van der Waals surface area contributed by atoms with Crippen LogP contribution in [0.4, 0.5) is 11.8 Å². The van der Waals surface area contributed by atoms with Crippen LogP contribution in [0.3, 0.4) is 0 Å². The summed E-state index contributed by atoms with van der Waals surface area (Å²) in [7, 11) is 1.84. The van der Waals surface area contributed by atoms with Gasteiger partial charge >= 0.3 is 0 Å². The van der Waals surface area contributed by atoms with Gasteiger partial charge in [-0.05, 0) is 19.3 Å². The lowest BCUT2D eigenvalue weighted by Gasteiger charge is -2.23. The minimum absolute atomic E-state index is 0.636. The zero-order chi connectivity index (χ0) is 13.2. The molecule has 0 unspecified atom stereocenters. The molecule has 2 aromatic heterocycles. The van der Waals surface area contributed by atoms with Crippen LogP contribution in [0.25, 0.3) is 11.2 Å². The molecule has 6 nitrogen and oxygen atoms in total. The van der Waals surface area contributed by atoms with Gasteiger partial charge in [0.25, 0.3) is 0 Å². The third kappa shape index (κ3) is 2.34. The van der Waals surface area contributed by atoms with E-state index in [1.165, 1.54) is 25.7 Å². The zero-order valence-electron chi connectivity index (χ0n) is 11.5. The molecule has 0 amide bonds. The Hall–Kier alpha value is -1.85. The minimum atomic E-state index is 0.636. The van der Waals surface area contributed by atoms with Crippen molar-refractivity contribution in [2.75, 3.05) is 23.8 Å². The molecular formula is C13H20N6. The number of aromatic nitrogens is 4. The summed E-state index contributed by atoms with van der Waals surface area (Å²) < 4.78 is 0. The molecule has 1 aliphatic rings. The van der Waals surface area contributed by atoms with E-state index < -0.39 is 0 Å². The summed E-state index contributed by atoms with van der Waals surface area (Å²) in [6.07, 6.45) is 6.59. The van der Waals surface area contributed by atoms with Gasteiger partial charge in [-0.2, -0.15) is 9.97 Å². The number of rotatable bonds is 6. The Bertz CT molecular complexity index is 559. The Morgan fingerprint density at radius 1 is 1.42 bits per heavy atom. The van der Waals surface area contributed by atoms with E-state index in [2.05, 4.69) is 37.1 Å². The SMILES string of the molecule is CCCCN(c1nc(NC)nc2nc[nH]c12)C1CC1. The monoisotopic (exact) mass is 260 g/mol. The van der Waals surface area contributed by atoms with Crippen molar-refractivity contribution in [1.82, 2.24) is 19.9 Å². The number of imidazole rings is 1. The van der Waals surface area contributed by atoms with Crippen LogP contribution in [0.2, 0.25) is 0 Å². The maximum Gasteiger partial charge on any atom is 0.226 e. The molecule has 2 aromatic rings. The van der Waals surface area contributed by atoms with Gasteiger partial charge in [0.1, 0.15) is 5.52 Å². The zero-order valence-corrected chi connectivity index (χ0v) is 11.5. The number of unbranched alkanes of at least 4 members (excludes halogenated alkanes) is 1. The van der Waals surface area contributed by atoms with E-state index in [4.69, 9.17) is 0 Å².